The van der Waals surface area contributed by atoms with Crippen molar-refractivity contribution in [2.45, 2.75) is 39.0 Å². The predicted molar refractivity (Wildman–Crippen MR) is 113 cm³/mol. The van der Waals surface area contributed by atoms with E-state index in [0.717, 1.165) is 19.3 Å². The number of hydrogen-bond acceptors (Lipinski definition) is 5. The van der Waals surface area contributed by atoms with Gasteiger partial charge in [0.1, 0.15) is 0 Å². The predicted octanol–water partition coefficient (Wildman–Crippen LogP) is 4.84. The first-order valence-corrected chi connectivity index (χ1v) is 9.97. The van der Waals surface area contributed by atoms with Crippen molar-refractivity contribution in [1.82, 2.24) is 0 Å². The van der Waals surface area contributed by atoms with Crippen LogP contribution in [0.4, 0.5) is 5.69 Å². The highest BCUT2D eigenvalue weighted by atomic mass is 16.5. The van der Waals surface area contributed by atoms with E-state index in [1.807, 2.05) is 24.3 Å². The van der Waals surface area contributed by atoms with Crippen molar-refractivity contribution in [2.24, 2.45) is 0 Å². The van der Waals surface area contributed by atoms with Gasteiger partial charge in [-0.2, -0.15) is 0 Å². The number of carbonyl (C=O) groups excluding carboxylic acids is 2. The molecule has 0 saturated heterocycles. The van der Waals surface area contributed by atoms with Crippen LogP contribution in [0.2, 0.25) is 0 Å². The Balaban J connectivity index is 1.70. The summed E-state index contributed by atoms with van der Waals surface area (Å²) in [4.78, 5) is 24.0. The minimum atomic E-state index is -0.340. The molecule has 29 heavy (non-hydrogen) atoms. The summed E-state index contributed by atoms with van der Waals surface area (Å²) >= 11 is 0. The van der Waals surface area contributed by atoms with Gasteiger partial charge in [0.25, 0.3) is 0 Å². The van der Waals surface area contributed by atoms with Crippen LogP contribution in [0.25, 0.3) is 0 Å². The van der Waals surface area contributed by atoms with Gasteiger partial charge in [0.2, 0.25) is 5.91 Å². The molecule has 1 N–H and O–H groups in total. The SMILES string of the molecule is CCCCCOC(=O)c1ccc(NC(=O)CCCOc2ccccc2OC)cc1. The maximum absolute atomic E-state index is 12.1. The topological polar surface area (TPSA) is 73.9 Å². The van der Waals surface area contributed by atoms with Crippen molar-refractivity contribution >= 4 is 17.6 Å². The van der Waals surface area contributed by atoms with E-state index in [1.54, 1.807) is 31.4 Å². The Morgan fingerprint density at radius 2 is 1.62 bits per heavy atom. The van der Waals surface area contributed by atoms with Crippen LogP contribution < -0.4 is 14.8 Å². The van der Waals surface area contributed by atoms with E-state index in [4.69, 9.17) is 14.2 Å². The van der Waals surface area contributed by atoms with E-state index in [1.165, 1.54) is 0 Å². The van der Waals surface area contributed by atoms with Gasteiger partial charge in [0.05, 0.1) is 25.9 Å². The number of rotatable bonds is 12. The Hall–Kier alpha value is -3.02. The molecule has 0 fully saturated rings. The Labute approximate surface area is 172 Å². The maximum Gasteiger partial charge on any atom is 0.338 e. The van der Waals surface area contributed by atoms with Crippen molar-refractivity contribution in [3.05, 3.63) is 54.1 Å². The molecular formula is C23H29NO5. The zero-order valence-corrected chi connectivity index (χ0v) is 17.1. The molecule has 2 aromatic carbocycles. The Bertz CT molecular complexity index is 773. The molecule has 2 aromatic rings. The smallest absolute Gasteiger partial charge is 0.338 e. The molecule has 6 heteroatoms. The zero-order valence-electron chi connectivity index (χ0n) is 17.1. The molecule has 0 bridgehead atoms. The van der Waals surface area contributed by atoms with Crippen LogP contribution in [-0.2, 0) is 9.53 Å². The Morgan fingerprint density at radius 1 is 0.897 bits per heavy atom. The summed E-state index contributed by atoms with van der Waals surface area (Å²) in [6.07, 6.45) is 3.90. The third-order valence-corrected chi connectivity index (χ3v) is 4.26. The number of nitrogens with one attached hydrogen (secondary N) is 1. The van der Waals surface area contributed by atoms with E-state index < -0.39 is 0 Å². The maximum atomic E-state index is 12.1. The number of esters is 1. The lowest BCUT2D eigenvalue weighted by molar-refractivity contribution is -0.116. The molecule has 0 aliphatic heterocycles. The second-order valence-electron chi connectivity index (χ2n) is 6.57. The number of unbranched alkanes of at least 4 members (excludes halogenated alkanes) is 2. The van der Waals surface area contributed by atoms with Gasteiger partial charge in [-0.05, 0) is 49.2 Å². The van der Waals surface area contributed by atoms with Crippen molar-refractivity contribution < 1.29 is 23.8 Å². The van der Waals surface area contributed by atoms with Crippen LogP contribution >= 0.6 is 0 Å². The van der Waals surface area contributed by atoms with Crippen LogP contribution in [0.15, 0.2) is 48.5 Å². The molecule has 0 radical (unpaired) electrons. The van der Waals surface area contributed by atoms with E-state index in [2.05, 4.69) is 12.2 Å². The lowest BCUT2D eigenvalue weighted by atomic mass is 10.2. The van der Waals surface area contributed by atoms with Crippen molar-refractivity contribution in [3.63, 3.8) is 0 Å². The third-order valence-electron chi connectivity index (χ3n) is 4.26. The number of carbonyl (C=O) groups is 2. The second kappa shape index (κ2) is 12.4. The first-order chi connectivity index (χ1) is 14.1. The first kappa shape index (κ1) is 22.3. The number of anilines is 1. The number of methoxy groups -OCH3 is 1. The highest BCUT2D eigenvalue weighted by Crippen LogP contribution is 2.25. The van der Waals surface area contributed by atoms with E-state index >= 15 is 0 Å². The van der Waals surface area contributed by atoms with Gasteiger partial charge in [-0.25, -0.2) is 4.79 Å². The number of para-hydroxylation sites is 2. The van der Waals surface area contributed by atoms with Gasteiger partial charge in [0, 0.05) is 12.1 Å². The molecule has 0 aliphatic carbocycles. The fraction of sp³-hybridized carbons (Fsp3) is 0.391. The number of benzene rings is 2. The summed E-state index contributed by atoms with van der Waals surface area (Å²) in [5.41, 5.74) is 1.12. The summed E-state index contributed by atoms with van der Waals surface area (Å²) in [7, 11) is 1.59. The summed E-state index contributed by atoms with van der Waals surface area (Å²) in [6.45, 7) is 2.95. The fourth-order valence-corrected chi connectivity index (χ4v) is 2.67. The van der Waals surface area contributed by atoms with Gasteiger partial charge < -0.3 is 19.5 Å². The molecule has 0 atom stereocenters. The third kappa shape index (κ3) is 7.86. The average Bonchev–Trinajstić information content (AvgIpc) is 2.75. The minimum absolute atomic E-state index is 0.108. The number of hydrogen-bond donors (Lipinski definition) is 1. The monoisotopic (exact) mass is 399 g/mol. The number of ether oxygens (including phenoxy) is 3. The van der Waals surface area contributed by atoms with Crippen LogP contribution in [-0.4, -0.2) is 32.2 Å². The molecule has 0 aliphatic rings. The molecule has 2 rings (SSSR count). The lowest BCUT2D eigenvalue weighted by Gasteiger charge is -2.10. The molecule has 0 aromatic heterocycles. The quantitative estimate of drug-likeness (QED) is 0.408. The summed E-state index contributed by atoms with van der Waals surface area (Å²) in [5.74, 6) is 0.879. The molecule has 0 heterocycles. The highest BCUT2D eigenvalue weighted by Gasteiger charge is 2.08. The molecular weight excluding hydrogens is 370 g/mol. The van der Waals surface area contributed by atoms with Crippen LogP contribution in [0.5, 0.6) is 11.5 Å². The largest absolute Gasteiger partial charge is 0.493 e. The molecule has 156 valence electrons. The summed E-state index contributed by atoms with van der Waals surface area (Å²) in [6, 6.07) is 14.1. The van der Waals surface area contributed by atoms with E-state index in [9.17, 15) is 9.59 Å². The van der Waals surface area contributed by atoms with Crippen molar-refractivity contribution in [2.75, 3.05) is 25.6 Å². The Morgan fingerprint density at radius 3 is 2.31 bits per heavy atom. The lowest BCUT2D eigenvalue weighted by Crippen LogP contribution is -2.13. The summed E-state index contributed by atoms with van der Waals surface area (Å²) in [5, 5.41) is 2.82. The van der Waals surface area contributed by atoms with Gasteiger partial charge in [-0.15, -0.1) is 0 Å². The van der Waals surface area contributed by atoms with Crippen LogP contribution in [0.1, 0.15) is 49.4 Å². The normalized spacial score (nSPS) is 10.3. The summed E-state index contributed by atoms with van der Waals surface area (Å²) < 4.78 is 16.1. The van der Waals surface area contributed by atoms with Crippen LogP contribution in [0, 0.1) is 0 Å². The molecule has 0 saturated carbocycles. The second-order valence-corrected chi connectivity index (χ2v) is 6.57. The zero-order chi connectivity index (χ0) is 20.9. The number of amides is 1. The van der Waals surface area contributed by atoms with Gasteiger partial charge in [-0.1, -0.05) is 31.9 Å². The Kier molecular flexibility index (Phi) is 9.55. The van der Waals surface area contributed by atoms with Crippen LogP contribution in [0.3, 0.4) is 0 Å². The minimum Gasteiger partial charge on any atom is -0.493 e. The molecule has 0 unspecified atom stereocenters. The molecule has 1 amide bonds. The fourth-order valence-electron chi connectivity index (χ4n) is 2.67. The standard InChI is InChI=1S/C23H29NO5/c1-3-4-7-16-29-23(26)18-12-14-19(15-13-18)24-22(25)11-8-17-28-21-10-6-5-9-20(21)27-2/h5-6,9-10,12-15H,3-4,7-8,11,16-17H2,1-2H3,(H,24,25). The van der Waals surface area contributed by atoms with Gasteiger partial charge in [-0.3, -0.25) is 4.79 Å². The van der Waals surface area contributed by atoms with E-state index in [-0.39, 0.29) is 11.9 Å². The van der Waals surface area contributed by atoms with E-state index in [0.29, 0.717) is 48.8 Å². The van der Waals surface area contributed by atoms with Crippen molar-refractivity contribution in [1.29, 1.82) is 0 Å². The molecule has 0 spiro atoms. The molecule has 6 nitrogen and oxygen atoms in total. The van der Waals surface area contributed by atoms with Crippen molar-refractivity contribution in [3.8, 4) is 11.5 Å². The highest BCUT2D eigenvalue weighted by molar-refractivity contribution is 5.93. The van der Waals surface area contributed by atoms with Gasteiger partial charge >= 0.3 is 5.97 Å². The average molecular weight is 399 g/mol. The van der Waals surface area contributed by atoms with Gasteiger partial charge in [0.15, 0.2) is 11.5 Å². The first-order valence-electron chi connectivity index (χ1n) is 9.97.